The van der Waals surface area contributed by atoms with Crippen LogP contribution in [0.5, 0.6) is 0 Å². The standard InChI is InChI=1S/C19H15Cl2NO4/c1-2-3-8-26-19(25)11-4-6-13-14(9-11)18(24)22(17(13)23)12-5-7-15(20)16(21)10-12/h4-7,9-10H,2-3,8H2,1H3. The van der Waals surface area contributed by atoms with Gasteiger partial charge in [0.2, 0.25) is 0 Å². The summed E-state index contributed by atoms with van der Waals surface area (Å²) in [5, 5.41) is 0.560. The third-order valence-electron chi connectivity index (χ3n) is 4.01. The number of fused-ring (bicyclic) bond motifs is 1. The van der Waals surface area contributed by atoms with Gasteiger partial charge in [-0.1, -0.05) is 36.5 Å². The Hall–Kier alpha value is -2.37. The largest absolute Gasteiger partial charge is 0.462 e. The van der Waals surface area contributed by atoms with E-state index in [9.17, 15) is 14.4 Å². The second-order valence-corrected chi connectivity index (χ2v) is 6.61. The van der Waals surface area contributed by atoms with E-state index in [2.05, 4.69) is 0 Å². The van der Waals surface area contributed by atoms with E-state index < -0.39 is 17.8 Å². The highest BCUT2D eigenvalue weighted by atomic mass is 35.5. The second kappa shape index (κ2) is 7.48. The van der Waals surface area contributed by atoms with Crippen molar-refractivity contribution in [3.05, 3.63) is 63.1 Å². The molecule has 0 aromatic heterocycles. The topological polar surface area (TPSA) is 63.7 Å². The monoisotopic (exact) mass is 391 g/mol. The number of hydrogen-bond donors (Lipinski definition) is 0. The molecule has 0 saturated heterocycles. The van der Waals surface area contributed by atoms with Gasteiger partial charge in [0.15, 0.2) is 0 Å². The highest BCUT2D eigenvalue weighted by Gasteiger charge is 2.37. The predicted octanol–water partition coefficient (Wildman–Crippen LogP) is 4.75. The molecule has 0 fully saturated rings. The Morgan fingerprint density at radius 3 is 2.42 bits per heavy atom. The van der Waals surface area contributed by atoms with Crippen molar-refractivity contribution in [2.45, 2.75) is 19.8 Å². The van der Waals surface area contributed by atoms with E-state index in [1.54, 1.807) is 0 Å². The number of esters is 1. The first kappa shape index (κ1) is 18.4. The number of hydrogen-bond acceptors (Lipinski definition) is 4. The molecule has 1 aliphatic heterocycles. The zero-order chi connectivity index (χ0) is 18.8. The van der Waals surface area contributed by atoms with E-state index in [0.29, 0.717) is 17.3 Å². The van der Waals surface area contributed by atoms with E-state index >= 15 is 0 Å². The van der Waals surface area contributed by atoms with Crippen molar-refractivity contribution in [3.63, 3.8) is 0 Å². The van der Waals surface area contributed by atoms with Crippen molar-refractivity contribution in [2.75, 3.05) is 11.5 Å². The number of anilines is 1. The Balaban J connectivity index is 1.90. The minimum Gasteiger partial charge on any atom is -0.462 e. The summed E-state index contributed by atoms with van der Waals surface area (Å²) in [6, 6.07) is 8.84. The Morgan fingerprint density at radius 2 is 1.73 bits per heavy atom. The molecule has 0 atom stereocenters. The fraction of sp³-hybridized carbons (Fsp3) is 0.211. The molecule has 0 N–H and O–H groups in total. The van der Waals surface area contributed by atoms with Gasteiger partial charge in [0.05, 0.1) is 39.0 Å². The summed E-state index contributed by atoms with van der Waals surface area (Å²) >= 11 is 11.9. The maximum absolute atomic E-state index is 12.7. The number of halogens is 2. The van der Waals surface area contributed by atoms with Crippen LogP contribution in [0.1, 0.15) is 50.8 Å². The highest BCUT2D eigenvalue weighted by molar-refractivity contribution is 6.42. The first-order valence-corrected chi connectivity index (χ1v) is 8.84. The van der Waals surface area contributed by atoms with Gasteiger partial charge in [-0.25, -0.2) is 9.69 Å². The Kier molecular flexibility index (Phi) is 5.30. The smallest absolute Gasteiger partial charge is 0.338 e. The van der Waals surface area contributed by atoms with Crippen LogP contribution >= 0.6 is 23.2 Å². The number of carbonyl (C=O) groups excluding carboxylic acids is 3. The molecule has 3 rings (SSSR count). The van der Waals surface area contributed by atoms with Gasteiger partial charge in [-0.05, 0) is 42.8 Å². The molecule has 0 bridgehead atoms. The molecule has 5 nitrogen and oxygen atoms in total. The lowest BCUT2D eigenvalue weighted by Crippen LogP contribution is -2.29. The molecule has 2 aromatic carbocycles. The second-order valence-electron chi connectivity index (χ2n) is 5.79. The maximum Gasteiger partial charge on any atom is 0.338 e. The van der Waals surface area contributed by atoms with Gasteiger partial charge < -0.3 is 4.74 Å². The molecule has 1 aliphatic rings. The van der Waals surface area contributed by atoms with Crippen LogP contribution in [0.15, 0.2) is 36.4 Å². The molecule has 1 heterocycles. The lowest BCUT2D eigenvalue weighted by Gasteiger charge is -2.14. The summed E-state index contributed by atoms with van der Waals surface area (Å²) in [6.45, 7) is 2.31. The molecule has 26 heavy (non-hydrogen) atoms. The van der Waals surface area contributed by atoms with Crippen molar-refractivity contribution in [3.8, 4) is 0 Å². The zero-order valence-corrected chi connectivity index (χ0v) is 15.4. The van der Waals surface area contributed by atoms with Crippen molar-refractivity contribution in [2.24, 2.45) is 0 Å². The van der Waals surface area contributed by atoms with Gasteiger partial charge in [0.25, 0.3) is 11.8 Å². The van der Waals surface area contributed by atoms with Crippen molar-refractivity contribution in [1.82, 2.24) is 0 Å². The predicted molar refractivity (Wildman–Crippen MR) is 99.2 cm³/mol. The molecule has 134 valence electrons. The highest BCUT2D eigenvalue weighted by Crippen LogP contribution is 2.33. The van der Waals surface area contributed by atoms with Crippen molar-refractivity contribution in [1.29, 1.82) is 0 Å². The van der Waals surface area contributed by atoms with Gasteiger partial charge >= 0.3 is 5.97 Å². The molecule has 0 saturated carbocycles. The normalized spacial score (nSPS) is 13.1. The molecule has 0 aliphatic carbocycles. The van der Waals surface area contributed by atoms with Gasteiger partial charge in [-0.15, -0.1) is 0 Å². The van der Waals surface area contributed by atoms with Crippen LogP contribution in [0.25, 0.3) is 0 Å². The Bertz CT molecular complexity index is 910. The third-order valence-corrected chi connectivity index (χ3v) is 4.75. The number of nitrogens with zero attached hydrogens (tertiary/aromatic N) is 1. The number of unbranched alkanes of at least 4 members (excludes halogenated alkanes) is 1. The first-order valence-electron chi connectivity index (χ1n) is 8.09. The summed E-state index contributed by atoms with van der Waals surface area (Å²) in [6.07, 6.45) is 1.67. The molecule has 0 radical (unpaired) electrons. The number of ether oxygens (including phenoxy) is 1. The maximum atomic E-state index is 12.7. The lowest BCUT2D eigenvalue weighted by molar-refractivity contribution is 0.0499. The summed E-state index contributed by atoms with van der Waals surface area (Å²) in [5.74, 6) is -1.52. The molecular formula is C19H15Cl2NO4. The van der Waals surface area contributed by atoms with Crippen LogP contribution in [0.4, 0.5) is 5.69 Å². The Labute approximate surface area is 160 Å². The number of carbonyl (C=O) groups is 3. The Morgan fingerprint density at radius 1 is 1.00 bits per heavy atom. The summed E-state index contributed by atoms with van der Waals surface area (Å²) < 4.78 is 5.15. The van der Waals surface area contributed by atoms with Gasteiger partial charge in [-0.3, -0.25) is 9.59 Å². The van der Waals surface area contributed by atoms with E-state index in [0.717, 1.165) is 17.7 Å². The number of imide groups is 1. The van der Waals surface area contributed by atoms with Crippen LogP contribution in [-0.2, 0) is 4.74 Å². The van der Waals surface area contributed by atoms with E-state index in [4.69, 9.17) is 27.9 Å². The summed E-state index contributed by atoms with van der Waals surface area (Å²) in [5.41, 5.74) is 0.937. The van der Waals surface area contributed by atoms with Crippen LogP contribution in [0, 0.1) is 0 Å². The van der Waals surface area contributed by atoms with Crippen LogP contribution in [-0.4, -0.2) is 24.4 Å². The average molecular weight is 392 g/mol. The quantitative estimate of drug-likeness (QED) is 0.419. The van der Waals surface area contributed by atoms with E-state index in [1.807, 2.05) is 6.92 Å². The molecule has 2 aromatic rings. The average Bonchev–Trinajstić information content (AvgIpc) is 2.88. The fourth-order valence-corrected chi connectivity index (χ4v) is 2.91. The van der Waals surface area contributed by atoms with Crippen LogP contribution in [0.2, 0.25) is 10.0 Å². The van der Waals surface area contributed by atoms with Gasteiger partial charge in [0, 0.05) is 0 Å². The number of rotatable bonds is 5. The SMILES string of the molecule is CCCCOC(=O)c1ccc2c(c1)C(=O)N(c1ccc(Cl)c(Cl)c1)C2=O. The van der Waals surface area contributed by atoms with E-state index in [-0.39, 0.29) is 21.7 Å². The third kappa shape index (κ3) is 3.32. The number of benzene rings is 2. The molecule has 0 unspecified atom stereocenters. The lowest BCUT2D eigenvalue weighted by atomic mass is 10.1. The van der Waals surface area contributed by atoms with Crippen molar-refractivity contribution < 1.29 is 19.1 Å². The van der Waals surface area contributed by atoms with Gasteiger partial charge in [0.1, 0.15) is 0 Å². The van der Waals surface area contributed by atoms with E-state index in [1.165, 1.54) is 36.4 Å². The summed E-state index contributed by atoms with van der Waals surface area (Å²) in [4.78, 5) is 38.4. The minimum atomic E-state index is -0.522. The minimum absolute atomic E-state index is 0.158. The first-order chi connectivity index (χ1) is 12.4. The fourth-order valence-electron chi connectivity index (χ4n) is 2.62. The van der Waals surface area contributed by atoms with Crippen LogP contribution in [0.3, 0.4) is 0 Å². The molecular weight excluding hydrogens is 377 g/mol. The molecule has 0 spiro atoms. The number of amides is 2. The van der Waals surface area contributed by atoms with Crippen LogP contribution < -0.4 is 4.90 Å². The molecule has 2 amide bonds. The molecule has 7 heteroatoms. The van der Waals surface area contributed by atoms with Gasteiger partial charge in [-0.2, -0.15) is 0 Å². The van der Waals surface area contributed by atoms with Crippen molar-refractivity contribution >= 4 is 46.7 Å². The summed E-state index contributed by atoms with van der Waals surface area (Å²) in [7, 11) is 0. The zero-order valence-electron chi connectivity index (χ0n) is 13.9.